The molecule has 94 valence electrons. The molecule has 0 fully saturated rings. The molecule has 1 N–H and O–H groups in total. The third kappa shape index (κ3) is 4.93. The lowest BCUT2D eigenvalue weighted by Gasteiger charge is -2.04. The maximum Gasteiger partial charge on any atom is 0.304 e. The Hall–Kier alpha value is -0.780. The molecule has 0 bridgehead atoms. The second-order valence-corrected chi connectivity index (χ2v) is 6.48. The van der Waals surface area contributed by atoms with Crippen molar-refractivity contribution in [3.05, 3.63) is 33.8 Å². The normalized spacial score (nSPS) is 11.4. The lowest BCUT2D eigenvalue weighted by molar-refractivity contribution is -0.136. The van der Waals surface area contributed by atoms with Crippen LogP contribution in [0.4, 0.5) is 0 Å². The van der Waals surface area contributed by atoms with Crippen molar-refractivity contribution in [2.45, 2.75) is 12.2 Å². The number of benzene rings is 1. The third-order valence-corrected chi connectivity index (χ3v) is 4.34. The Morgan fingerprint density at radius 3 is 2.41 bits per heavy atom. The Kier molecular flexibility index (Phi) is 4.80. The number of aliphatic carboxylic acids is 1. The molecule has 0 saturated carbocycles. The molecule has 0 aromatic heterocycles. The predicted molar refractivity (Wildman–Crippen MR) is 66.2 cm³/mol. The molecule has 7 heteroatoms. The first-order chi connectivity index (χ1) is 7.80. The Labute approximate surface area is 109 Å². The van der Waals surface area contributed by atoms with E-state index in [-0.39, 0.29) is 16.5 Å². The van der Waals surface area contributed by atoms with Crippen molar-refractivity contribution in [1.82, 2.24) is 0 Å². The van der Waals surface area contributed by atoms with Gasteiger partial charge in [0.05, 0.1) is 28.0 Å². The van der Waals surface area contributed by atoms with Gasteiger partial charge in [-0.05, 0) is 17.7 Å². The number of hydrogen-bond donors (Lipinski definition) is 1. The second-order valence-electron chi connectivity index (χ2n) is 3.48. The van der Waals surface area contributed by atoms with Crippen LogP contribution in [0.5, 0.6) is 0 Å². The van der Waals surface area contributed by atoms with Crippen molar-refractivity contribution in [2.24, 2.45) is 0 Å². The molecule has 0 aliphatic heterocycles. The predicted octanol–water partition coefficient (Wildman–Crippen LogP) is 2.38. The largest absolute Gasteiger partial charge is 0.481 e. The van der Waals surface area contributed by atoms with E-state index in [2.05, 4.69) is 0 Å². The first-order valence-corrected chi connectivity index (χ1v) is 7.24. The highest BCUT2D eigenvalue weighted by Gasteiger charge is 2.14. The molecule has 17 heavy (non-hydrogen) atoms. The van der Waals surface area contributed by atoms with Gasteiger partial charge in [0.15, 0.2) is 9.84 Å². The van der Waals surface area contributed by atoms with E-state index in [4.69, 9.17) is 28.3 Å². The minimum atomic E-state index is -3.44. The van der Waals surface area contributed by atoms with Gasteiger partial charge in [0.1, 0.15) is 0 Å². The van der Waals surface area contributed by atoms with Crippen LogP contribution in [0, 0.1) is 0 Å². The summed E-state index contributed by atoms with van der Waals surface area (Å²) in [5, 5.41) is 9.04. The van der Waals surface area contributed by atoms with E-state index in [9.17, 15) is 13.2 Å². The first kappa shape index (κ1) is 14.3. The van der Waals surface area contributed by atoms with Crippen LogP contribution < -0.4 is 0 Å². The number of rotatable bonds is 5. The molecule has 0 saturated heterocycles. The molecular formula is C10H10Cl2O4S. The monoisotopic (exact) mass is 296 g/mol. The van der Waals surface area contributed by atoms with Crippen molar-refractivity contribution in [2.75, 3.05) is 5.75 Å². The van der Waals surface area contributed by atoms with Gasteiger partial charge in [-0.1, -0.05) is 29.3 Å². The van der Waals surface area contributed by atoms with Crippen molar-refractivity contribution >= 4 is 39.0 Å². The maximum absolute atomic E-state index is 11.6. The molecule has 4 nitrogen and oxygen atoms in total. The minimum absolute atomic E-state index is 0.239. The van der Waals surface area contributed by atoms with Gasteiger partial charge in [-0.25, -0.2) is 8.42 Å². The van der Waals surface area contributed by atoms with Crippen LogP contribution in [0.2, 0.25) is 10.0 Å². The van der Waals surface area contributed by atoms with Crippen molar-refractivity contribution in [1.29, 1.82) is 0 Å². The molecule has 0 radical (unpaired) electrons. The van der Waals surface area contributed by atoms with Gasteiger partial charge in [0.2, 0.25) is 0 Å². The molecule has 0 atom stereocenters. The summed E-state index contributed by atoms with van der Waals surface area (Å²) in [6, 6.07) is 4.51. The van der Waals surface area contributed by atoms with Gasteiger partial charge in [0.25, 0.3) is 0 Å². The topological polar surface area (TPSA) is 71.4 Å². The lowest BCUT2D eigenvalue weighted by Crippen LogP contribution is -2.12. The van der Waals surface area contributed by atoms with Crippen molar-refractivity contribution in [3.63, 3.8) is 0 Å². The number of carboxylic acids is 1. The maximum atomic E-state index is 11.6. The molecular weight excluding hydrogens is 287 g/mol. The average molecular weight is 297 g/mol. The SMILES string of the molecule is O=C(O)CCS(=O)(=O)Cc1ccc(Cl)c(Cl)c1. The van der Waals surface area contributed by atoms with Crippen molar-refractivity contribution in [3.8, 4) is 0 Å². The summed E-state index contributed by atoms with van der Waals surface area (Å²) in [4.78, 5) is 10.3. The van der Waals surface area contributed by atoms with E-state index in [0.29, 0.717) is 10.6 Å². The van der Waals surface area contributed by atoms with Crippen LogP contribution in [-0.4, -0.2) is 25.2 Å². The number of sulfone groups is 1. The fourth-order valence-corrected chi connectivity index (χ4v) is 2.84. The van der Waals surface area contributed by atoms with Crippen LogP contribution in [-0.2, 0) is 20.4 Å². The van der Waals surface area contributed by atoms with Crippen LogP contribution in [0.1, 0.15) is 12.0 Å². The van der Waals surface area contributed by atoms with Gasteiger partial charge in [-0.3, -0.25) is 4.79 Å². The second kappa shape index (κ2) is 5.71. The molecule has 0 spiro atoms. The minimum Gasteiger partial charge on any atom is -0.481 e. The highest BCUT2D eigenvalue weighted by atomic mass is 35.5. The number of hydrogen-bond acceptors (Lipinski definition) is 3. The lowest BCUT2D eigenvalue weighted by atomic mass is 10.2. The third-order valence-electron chi connectivity index (χ3n) is 2.00. The smallest absolute Gasteiger partial charge is 0.304 e. The Bertz CT molecular complexity index is 525. The highest BCUT2D eigenvalue weighted by Crippen LogP contribution is 2.23. The van der Waals surface area contributed by atoms with E-state index in [0.717, 1.165) is 0 Å². The summed E-state index contributed by atoms with van der Waals surface area (Å²) in [5.41, 5.74) is 0.491. The highest BCUT2D eigenvalue weighted by molar-refractivity contribution is 7.90. The molecule has 1 rings (SSSR count). The zero-order valence-corrected chi connectivity index (χ0v) is 11.0. The molecule has 1 aromatic carbocycles. The molecule has 0 aliphatic rings. The Morgan fingerprint density at radius 1 is 1.24 bits per heavy atom. The number of halogens is 2. The summed E-state index contributed by atoms with van der Waals surface area (Å²) in [5.74, 6) is -1.76. The summed E-state index contributed by atoms with van der Waals surface area (Å²) in [7, 11) is -3.44. The van der Waals surface area contributed by atoms with Gasteiger partial charge >= 0.3 is 5.97 Å². The van der Waals surface area contributed by atoms with E-state index in [1.165, 1.54) is 12.1 Å². The quantitative estimate of drug-likeness (QED) is 0.905. The summed E-state index contributed by atoms with van der Waals surface area (Å²) in [6.07, 6.45) is -0.399. The van der Waals surface area contributed by atoms with E-state index in [1.807, 2.05) is 0 Å². The summed E-state index contributed by atoms with van der Waals surface area (Å²) < 4.78 is 23.1. The van der Waals surface area contributed by atoms with Gasteiger partial charge in [-0.15, -0.1) is 0 Å². The average Bonchev–Trinajstić information content (AvgIpc) is 2.21. The van der Waals surface area contributed by atoms with E-state index < -0.39 is 22.2 Å². The van der Waals surface area contributed by atoms with Crippen LogP contribution in [0.25, 0.3) is 0 Å². The molecule has 0 aliphatic carbocycles. The van der Waals surface area contributed by atoms with E-state index in [1.54, 1.807) is 6.07 Å². The number of carboxylic acid groups (broad SMARTS) is 1. The number of carbonyl (C=O) groups is 1. The van der Waals surface area contributed by atoms with Gasteiger partial charge in [0, 0.05) is 0 Å². The van der Waals surface area contributed by atoms with E-state index >= 15 is 0 Å². The zero-order valence-electron chi connectivity index (χ0n) is 8.69. The Balaban J connectivity index is 2.76. The van der Waals surface area contributed by atoms with Gasteiger partial charge in [-0.2, -0.15) is 0 Å². The molecule has 0 heterocycles. The molecule has 1 aromatic rings. The van der Waals surface area contributed by atoms with Crippen LogP contribution in [0.15, 0.2) is 18.2 Å². The fourth-order valence-electron chi connectivity index (χ4n) is 1.20. The summed E-state index contributed by atoms with van der Waals surface area (Å²) >= 11 is 11.4. The summed E-state index contributed by atoms with van der Waals surface area (Å²) in [6.45, 7) is 0. The zero-order chi connectivity index (χ0) is 13.1. The van der Waals surface area contributed by atoms with Crippen molar-refractivity contribution < 1.29 is 18.3 Å². The standard InChI is InChI=1S/C10H10Cl2O4S/c11-8-2-1-7(5-9(8)12)6-17(15,16)4-3-10(13)14/h1-2,5H,3-4,6H2,(H,13,14). The van der Waals surface area contributed by atoms with Crippen LogP contribution >= 0.6 is 23.2 Å². The first-order valence-electron chi connectivity index (χ1n) is 4.66. The fraction of sp³-hybridized carbons (Fsp3) is 0.300. The molecule has 0 amide bonds. The molecule has 0 unspecified atom stereocenters. The van der Waals surface area contributed by atoms with Gasteiger partial charge < -0.3 is 5.11 Å². The Morgan fingerprint density at radius 2 is 1.88 bits per heavy atom. The van der Waals surface area contributed by atoms with Crippen LogP contribution in [0.3, 0.4) is 0 Å².